The van der Waals surface area contributed by atoms with E-state index in [0.29, 0.717) is 12.3 Å². The molecule has 1 atom stereocenters. The van der Waals surface area contributed by atoms with Gasteiger partial charge in [-0.05, 0) is 24.7 Å². The number of amides is 1. The van der Waals surface area contributed by atoms with Gasteiger partial charge in [0.15, 0.2) is 0 Å². The summed E-state index contributed by atoms with van der Waals surface area (Å²) in [5, 5.41) is 6.34. The predicted octanol–water partition coefficient (Wildman–Crippen LogP) is 1.70. The number of ether oxygens (including phenoxy) is 1. The lowest BCUT2D eigenvalue weighted by Crippen LogP contribution is -2.42. The highest BCUT2D eigenvalue weighted by Crippen LogP contribution is 2.30. The Morgan fingerprint density at radius 3 is 2.63 bits per heavy atom. The average Bonchev–Trinajstić information content (AvgIpc) is 2.47. The minimum absolute atomic E-state index is 0.0598. The summed E-state index contributed by atoms with van der Waals surface area (Å²) in [6.45, 7) is 5.56. The standard InChI is InChI=1S/C15H28N2O2/c1-2-12-3-5-13(6-4-12)10-17-15(18)9-14-11-16-7-8-19-14/h12-14,16H,2-11H2,1H3,(H,17,18). The first-order valence-electron chi connectivity index (χ1n) is 7.87. The van der Waals surface area contributed by atoms with Gasteiger partial charge in [0.1, 0.15) is 0 Å². The molecule has 1 aliphatic carbocycles. The first kappa shape index (κ1) is 14.8. The van der Waals surface area contributed by atoms with Crippen LogP contribution in [-0.4, -0.2) is 38.3 Å². The van der Waals surface area contributed by atoms with E-state index in [1.165, 1.54) is 32.1 Å². The van der Waals surface area contributed by atoms with Crippen LogP contribution >= 0.6 is 0 Å². The molecule has 0 radical (unpaired) electrons. The zero-order valence-corrected chi connectivity index (χ0v) is 12.1. The molecular formula is C15H28N2O2. The van der Waals surface area contributed by atoms with Crippen molar-refractivity contribution in [2.45, 2.75) is 51.6 Å². The molecule has 4 heteroatoms. The van der Waals surface area contributed by atoms with Gasteiger partial charge in [-0.3, -0.25) is 4.79 Å². The van der Waals surface area contributed by atoms with Crippen LogP contribution in [0.2, 0.25) is 0 Å². The number of nitrogens with one attached hydrogen (secondary N) is 2. The molecule has 2 fully saturated rings. The van der Waals surface area contributed by atoms with Gasteiger partial charge in [-0.15, -0.1) is 0 Å². The highest BCUT2D eigenvalue weighted by Gasteiger charge is 2.21. The van der Waals surface area contributed by atoms with E-state index < -0.39 is 0 Å². The van der Waals surface area contributed by atoms with E-state index in [9.17, 15) is 4.79 Å². The zero-order chi connectivity index (χ0) is 13.5. The molecule has 1 unspecified atom stereocenters. The molecule has 1 amide bonds. The molecule has 1 heterocycles. The molecule has 110 valence electrons. The smallest absolute Gasteiger partial charge is 0.222 e. The van der Waals surface area contributed by atoms with E-state index in [4.69, 9.17) is 4.74 Å². The quantitative estimate of drug-likeness (QED) is 0.798. The van der Waals surface area contributed by atoms with Gasteiger partial charge >= 0.3 is 0 Å². The molecule has 2 rings (SSSR count). The van der Waals surface area contributed by atoms with Crippen LogP contribution in [-0.2, 0) is 9.53 Å². The normalized spacial score (nSPS) is 31.9. The molecular weight excluding hydrogens is 240 g/mol. The van der Waals surface area contributed by atoms with Crippen LogP contribution in [0.4, 0.5) is 0 Å². The van der Waals surface area contributed by atoms with E-state index in [1.54, 1.807) is 0 Å². The van der Waals surface area contributed by atoms with Gasteiger partial charge in [0, 0.05) is 19.6 Å². The molecule has 2 aliphatic rings. The minimum Gasteiger partial charge on any atom is -0.375 e. The van der Waals surface area contributed by atoms with Gasteiger partial charge in [-0.2, -0.15) is 0 Å². The Morgan fingerprint density at radius 2 is 2.00 bits per heavy atom. The van der Waals surface area contributed by atoms with Crippen LogP contribution in [0.3, 0.4) is 0 Å². The lowest BCUT2D eigenvalue weighted by Gasteiger charge is -2.28. The fourth-order valence-electron chi connectivity index (χ4n) is 3.13. The summed E-state index contributed by atoms with van der Waals surface area (Å²) in [6, 6.07) is 0. The topological polar surface area (TPSA) is 50.4 Å². The van der Waals surface area contributed by atoms with Crippen molar-refractivity contribution in [2.24, 2.45) is 11.8 Å². The van der Waals surface area contributed by atoms with Gasteiger partial charge in [0.25, 0.3) is 0 Å². The van der Waals surface area contributed by atoms with Gasteiger partial charge in [0.2, 0.25) is 5.91 Å². The van der Waals surface area contributed by atoms with Gasteiger partial charge < -0.3 is 15.4 Å². The number of morpholine rings is 1. The van der Waals surface area contributed by atoms with Crippen molar-refractivity contribution in [1.82, 2.24) is 10.6 Å². The largest absolute Gasteiger partial charge is 0.375 e. The Hall–Kier alpha value is -0.610. The average molecular weight is 268 g/mol. The molecule has 0 aromatic carbocycles. The van der Waals surface area contributed by atoms with E-state index in [2.05, 4.69) is 17.6 Å². The van der Waals surface area contributed by atoms with Crippen LogP contribution in [0.25, 0.3) is 0 Å². The fraction of sp³-hybridized carbons (Fsp3) is 0.933. The minimum atomic E-state index is 0.0598. The van der Waals surface area contributed by atoms with Crippen LogP contribution in [0.1, 0.15) is 45.4 Å². The van der Waals surface area contributed by atoms with Crippen LogP contribution < -0.4 is 10.6 Å². The van der Waals surface area contributed by atoms with Crippen LogP contribution in [0, 0.1) is 11.8 Å². The number of carbonyl (C=O) groups excluding carboxylic acids is 1. The van der Waals surface area contributed by atoms with Gasteiger partial charge in [0.05, 0.1) is 19.1 Å². The summed E-state index contributed by atoms with van der Waals surface area (Å²) in [6.07, 6.45) is 7.10. The van der Waals surface area contributed by atoms with E-state index in [0.717, 1.165) is 32.2 Å². The van der Waals surface area contributed by atoms with Crippen molar-refractivity contribution in [3.8, 4) is 0 Å². The molecule has 2 N–H and O–H groups in total. The SMILES string of the molecule is CCC1CCC(CNC(=O)CC2CNCCO2)CC1. The first-order chi connectivity index (χ1) is 9.28. The predicted molar refractivity (Wildman–Crippen MR) is 76.0 cm³/mol. The summed E-state index contributed by atoms with van der Waals surface area (Å²) >= 11 is 0. The molecule has 0 aromatic heterocycles. The fourth-order valence-corrected chi connectivity index (χ4v) is 3.13. The Kier molecular flexibility index (Phi) is 6.11. The van der Waals surface area contributed by atoms with Crippen molar-refractivity contribution in [2.75, 3.05) is 26.2 Å². The van der Waals surface area contributed by atoms with Crippen molar-refractivity contribution >= 4 is 5.91 Å². The molecule has 1 saturated carbocycles. The third-order valence-corrected chi connectivity index (χ3v) is 4.55. The zero-order valence-electron chi connectivity index (χ0n) is 12.1. The molecule has 4 nitrogen and oxygen atoms in total. The Labute approximate surface area is 116 Å². The summed E-state index contributed by atoms with van der Waals surface area (Å²) < 4.78 is 5.55. The maximum Gasteiger partial charge on any atom is 0.222 e. The molecule has 0 aromatic rings. The third-order valence-electron chi connectivity index (χ3n) is 4.55. The Bertz CT molecular complexity index is 269. The van der Waals surface area contributed by atoms with Gasteiger partial charge in [-0.1, -0.05) is 26.2 Å². The second-order valence-corrected chi connectivity index (χ2v) is 6.00. The van der Waals surface area contributed by atoms with Gasteiger partial charge in [-0.25, -0.2) is 0 Å². The molecule has 0 spiro atoms. The summed E-state index contributed by atoms with van der Waals surface area (Å²) in [5.74, 6) is 1.76. The second-order valence-electron chi connectivity index (χ2n) is 6.00. The van der Waals surface area contributed by atoms with E-state index in [1.807, 2.05) is 0 Å². The first-order valence-corrected chi connectivity index (χ1v) is 7.87. The third kappa shape index (κ3) is 5.11. The van der Waals surface area contributed by atoms with Crippen molar-refractivity contribution < 1.29 is 9.53 Å². The Balaban J connectivity index is 1.58. The summed E-state index contributed by atoms with van der Waals surface area (Å²) in [4.78, 5) is 11.9. The highest BCUT2D eigenvalue weighted by atomic mass is 16.5. The van der Waals surface area contributed by atoms with E-state index >= 15 is 0 Å². The Morgan fingerprint density at radius 1 is 1.26 bits per heavy atom. The molecule has 1 aliphatic heterocycles. The second kappa shape index (κ2) is 7.85. The molecule has 19 heavy (non-hydrogen) atoms. The van der Waals surface area contributed by atoms with Crippen LogP contribution in [0.15, 0.2) is 0 Å². The highest BCUT2D eigenvalue weighted by molar-refractivity contribution is 5.76. The summed E-state index contributed by atoms with van der Waals surface area (Å²) in [5.41, 5.74) is 0. The maximum absolute atomic E-state index is 11.9. The van der Waals surface area contributed by atoms with Crippen LogP contribution in [0.5, 0.6) is 0 Å². The molecule has 0 bridgehead atoms. The number of rotatable bonds is 5. The lowest BCUT2D eigenvalue weighted by molar-refractivity contribution is -0.124. The number of carbonyl (C=O) groups is 1. The van der Waals surface area contributed by atoms with Crippen molar-refractivity contribution in [3.05, 3.63) is 0 Å². The van der Waals surface area contributed by atoms with Crippen molar-refractivity contribution in [3.63, 3.8) is 0 Å². The monoisotopic (exact) mass is 268 g/mol. The lowest BCUT2D eigenvalue weighted by atomic mass is 9.81. The van der Waals surface area contributed by atoms with Crippen molar-refractivity contribution in [1.29, 1.82) is 0 Å². The molecule has 1 saturated heterocycles. The van der Waals surface area contributed by atoms with E-state index in [-0.39, 0.29) is 12.0 Å². The maximum atomic E-state index is 11.9. The number of hydrogen-bond donors (Lipinski definition) is 2. The summed E-state index contributed by atoms with van der Waals surface area (Å²) in [7, 11) is 0. The number of hydrogen-bond acceptors (Lipinski definition) is 3.